The minimum absolute atomic E-state index is 0.330. The lowest BCUT2D eigenvalue weighted by Crippen LogP contribution is -2.35. The van der Waals surface area contributed by atoms with Crippen LogP contribution in [0, 0.1) is 11.8 Å². The first kappa shape index (κ1) is 31.4. The third-order valence-corrected chi connectivity index (χ3v) is 9.73. The van der Waals surface area contributed by atoms with Crippen molar-refractivity contribution in [3.8, 4) is 17.6 Å². The molecule has 0 saturated carbocycles. The number of rotatable bonds is 12. The van der Waals surface area contributed by atoms with Crippen LogP contribution < -0.4 is 4.74 Å². The summed E-state index contributed by atoms with van der Waals surface area (Å²) in [5, 5.41) is 0. The SMILES string of the molecule is CC1(C)OCc2cc(C3=CN(CCCCCCOCCC#Cc4cccc(S(=O)(=O)N5CCCCC5)c4)CO3)ccc2O1. The van der Waals surface area contributed by atoms with E-state index in [-0.39, 0.29) is 0 Å². The molecule has 9 heteroatoms. The molecule has 1 saturated heterocycles. The zero-order chi connectivity index (χ0) is 30.1. The first-order valence-electron chi connectivity index (χ1n) is 15.5. The van der Waals surface area contributed by atoms with Gasteiger partial charge < -0.3 is 23.8 Å². The Morgan fingerprint density at radius 3 is 2.67 bits per heavy atom. The quantitative estimate of drug-likeness (QED) is 0.212. The van der Waals surface area contributed by atoms with Crippen molar-refractivity contribution in [2.45, 2.75) is 82.5 Å². The summed E-state index contributed by atoms with van der Waals surface area (Å²) in [7, 11) is -3.44. The molecule has 0 N–H and O–H groups in total. The minimum Gasteiger partial charge on any atom is -0.471 e. The monoisotopic (exact) mass is 608 g/mol. The maximum atomic E-state index is 12.9. The molecule has 5 rings (SSSR count). The molecule has 2 aromatic carbocycles. The van der Waals surface area contributed by atoms with Crippen molar-refractivity contribution in [2.24, 2.45) is 0 Å². The van der Waals surface area contributed by atoms with Crippen molar-refractivity contribution in [2.75, 3.05) is 39.6 Å². The Bertz CT molecular complexity index is 1440. The van der Waals surface area contributed by atoms with Crippen LogP contribution in [0.1, 0.15) is 81.9 Å². The van der Waals surface area contributed by atoms with E-state index < -0.39 is 15.8 Å². The van der Waals surface area contributed by atoms with E-state index in [2.05, 4.69) is 29.0 Å². The fourth-order valence-corrected chi connectivity index (χ4v) is 6.99. The Morgan fingerprint density at radius 1 is 0.977 bits per heavy atom. The molecular formula is C34H44N2O6S. The summed E-state index contributed by atoms with van der Waals surface area (Å²) in [6.07, 6.45) is 10.1. The van der Waals surface area contributed by atoms with E-state index in [1.165, 1.54) is 0 Å². The summed E-state index contributed by atoms with van der Waals surface area (Å²) >= 11 is 0. The Morgan fingerprint density at radius 2 is 1.81 bits per heavy atom. The normalized spacial score (nSPS) is 18.2. The highest BCUT2D eigenvalue weighted by Gasteiger charge is 2.28. The number of ether oxygens (including phenoxy) is 4. The van der Waals surface area contributed by atoms with Crippen molar-refractivity contribution < 1.29 is 27.4 Å². The first-order valence-corrected chi connectivity index (χ1v) is 17.0. The van der Waals surface area contributed by atoms with Crippen LogP contribution in [-0.2, 0) is 30.8 Å². The van der Waals surface area contributed by atoms with Gasteiger partial charge in [-0.1, -0.05) is 37.2 Å². The summed E-state index contributed by atoms with van der Waals surface area (Å²) in [4.78, 5) is 2.55. The second kappa shape index (κ2) is 14.6. The van der Waals surface area contributed by atoms with Gasteiger partial charge in [0.15, 0.2) is 6.73 Å². The maximum absolute atomic E-state index is 12.9. The van der Waals surface area contributed by atoms with Crippen molar-refractivity contribution in [3.63, 3.8) is 0 Å². The standard InChI is InChI=1S/C34H44N2O6S/c1-34(2)41-26-30-24-29(16-17-32(30)42-34)33-25-35(27-40-33)18-7-3-4-10-21-39-22-11-6-13-28-14-12-15-31(23-28)43(37,38)36-19-8-5-9-20-36/h12,14-17,23-25H,3-5,7-11,18-22,26-27H2,1-2H3. The number of nitrogens with zero attached hydrogens (tertiary/aromatic N) is 2. The molecular weight excluding hydrogens is 564 g/mol. The van der Waals surface area contributed by atoms with Crippen LogP contribution >= 0.6 is 0 Å². The molecule has 232 valence electrons. The van der Waals surface area contributed by atoms with Gasteiger partial charge in [0.05, 0.1) is 18.1 Å². The third kappa shape index (κ3) is 8.76. The van der Waals surface area contributed by atoms with Crippen molar-refractivity contribution in [1.29, 1.82) is 0 Å². The number of hydrogen-bond donors (Lipinski definition) is 0. The van der Waals surface area contributed by atoms with Crippen LogP contribution in [0.25, 0.3) is 5.76 Å². The molecule has 0 unspecified atom stereocenters. The van der Waals surface area contributed by atoms with E-state index in [0.717, 1.165) is 86.3 Å². The van der Waals surface area contributed by atoms with Crippen LogP contribution in [-0.4, -0.2) is 63.0 Å². The lowest BCUT2D eigenvalue weighted by Gasteiger charge is -2.32. The Hall–Kier alpha value is -3.03. The molecule has 0 atom stereocenters. The molecule has 0 aliphatic carbocycles. The van der Waals surface area contributed by atoms with E-state index >= 15 is 0 Å². The average Bonchev–Trinajstić information content (AvgIpc) is 3.49. The molecule has 43 heavy (non-hydrogen) atoms. The van der Waals surface area contributed by atoms with Gasteiger partial charge in [-0.15, -0.1) is 0 Å². The van der Waals surface area contributed by atoms with Gasteiger partial charge in [-0.2, -0.15) is 4.31 Å². The van der Waals surface area contributed by atoms with E-state index in [0.29, 0.717) is 44.4 Å². The number of unbranched alkanes of at least 4 members (excludes halogenated alkanes) is 3. The van der Waals surface area contributed by atoms with Crippen molar-refractivity contribution in [3.05, 3.63) is 65.4 Å². The molecule has 3 aliphatic rings. The van der Waals surface area contributed by atoms with Crippen molar-refractivity contribution in [1.82, 2.24) is 9.21 Å². The summed E-state index contributed by atoms with van der Waals surface area (Å²) < 4.78 is 50.8. The van der Waals surface area contributed by atoms with Crippen LogP contribution in [0.4, 0.5) is 0 Å². The van der Waals surface area contributed by atoms with Crippen molar-refractivity contribution >= 4 is 15.8 Å². The zero-order valence-electron chi connectivity index (χ0n) is 25.5. The number of piperidine rings is 1. The van der Waals surface area contributed by atoms with Gasteiger partial charge in [-0.3, -0.25) is 0 Å². The van der Waals surface area contributed by atoms with Gasteiger partial charge >= 0.3 is 0 Å². The second-order valence-electron chi connectivity index (χ2n) is 11.8. The van der Waals surface area contributed by atoms with E-state index in [9.17, 15) is 8.42 Å². The summed E-state index contributed by atoms with van der Waals surface area (Å²) in [5.41, 5.74) is 2.81. The van der Waals surface area contributed by atoms with E-state index in [1.54, 1.807) is 22.5 Å². The van der Waals surface area contributed by atoms with Crippen LogP contribution in [0.2, 0.25) is 0 Å². The third-order valence-electron chi connectivity index (χ3n) is 7.84. The molecule has 1 fully saturated rings. The number of sulfonamides is 1. The zero-order valence-corrected chi connectivity index (χ0v) is 26.3. The Labute approximate surface area is 257 Å². The molecule has 2 aromatic rings. The highest BCUT2D eigenvalue weighted by molar-refractivity contribution is 7.89. The summed E-state index contributed by atoms with van der Waals surface area (Å²) in [6, 6.07) is 13.1. The number of fused-ring (bicyclic) bond motifs is 1. The maximum Gasteiger partial charge on any atom is 0.243 e. The molecule has 8 nitrogen and oxygen atoms in total. The molecule has 0 amide bonds. The number of hydrogen-bond acceptors (Lipinski definition) is 7. The van der Waals surface area contributed by atoms with Crippen LogP contribution in [0.3, 0.4) is 0 Å². The van der Waals surface area contributed by atoms with Gasteiger partial charge in [0.2, 0.25) is 15.8 Å². The topological polar surface area (TPSA) is 77.5 Å². The Balaban J connectivity index is 0.937. The highest BCUT2D eigenvalue weighted by Crippen LogP contribution is 2.34. The smallest absolute Gasteiger partial charge is 0.243 e. The molecule has 3 heterocycles. The molecule has 0 spiro atoms. The Kier molecular flexibility index (Phi) is 10.7. The van der Waals surface area contributed by atoms with Gasteiger partial charge in [-0.05, 0) is 62.1 Å². The minimum atomic E-state index is -3.44. The van der Waals surface area contributed by atoms with Crippen LogP contribution in [0.15, 0.2) is 53.6 Å². The highest BCUT2D eigenvalue weighted by atomic mass is 32.2. The fourth-order valence-electron chi connectivity index (χ4n) is 5.42. The van der Waals surface area contributed by atoms with E-state index in [4.69, 9.17) is 18.9 Å². The summed E-state index contributed by atoms with van der Waals surface area (Å²) in [6.45, 7) is 8.43. The number of benzene rings is 2. The molecule has 0 radical (unpaired) electrons. The molecule has 0 bridgehead atoms. The fraction of sp³-hybridized carbons (Fsp3) is 0.529. The first-order chi connectivity index (χ1) is 20.8. The van der Waals surface area contributed by atoms with Gasteiger partial charge in [0, 0.05) is 69.4 Å². The van der Waals surface area contributed by atoms with Gasteiger partial charge in [0.25, 0.3) is 0 Å². The van der Waals surface area contributed by atoms with E-state index in [1.807, 2.05) is 32.0 Å². The predicted molar refractivity (Wildman–Crippen MR) is 166 cm³/mol. The molecule has 0 aromatic heterocycles. The summed E-state index contributed by atoms with van der Waals surface area (Å²) in [5.74, 6) is 7.38. The predicted octanol–water partition coefficient (Wildman–Crippen LogP) is 6.11. The van der Waals surface area contributed by atoms with Gasteiger partial charge in [-0.25, -0.2) is 8.42 Å². The van der Waals surface area contributed by atoms with Crippen LogP contribution in [0.5, 0.6) is 5.75 Å². The largest absolute Gasteiger partial charge is 0.471 e. The lowest BCUT2D eigenvalue weighted by molar-refractivity contribution is -0.180. The van der Waals surface area contributed by atoms with Gasteiger partial charge in [0.1, 0.15) is 11.5 Å². The average molecular weight is 609 g/mol. The molecule has 3 aliphatic heterocycles. The second-order valence-corrected chi connectivity index (χ2v) is 13.7. The lowest BCUT2D eigenvalue weighted by atomic mass is 10.1.